The summed E-state index contributed by atoms with van der Waals surface area (Å²) in [7, 11) is 0. The number of aryl methyl sites for hydroxylation is 1. The van der Waals surface area contributed by atoms with E-state index >= 15 is 0 Å². The van der Waals surface area contributed by atoms with Gasteiger partial charge in [0.2, 0.25) is 5.12 Å². The zero-order valence-corrected chi connectivity index (χ0v) is 17.0. The van der Waals surface area contributed by atoms with E-state index in [9.17, 15) is 9.59 Å². The number of Topliss-reactive ketones (excluding diaryl/α,β-unsaturated/α-hetero) is 1. The molecule has 0 N–H and O–H groups in total. The van der Waals surface area contributed by atoms with E-state index in [1.54, 1.807) is 12.1 Å². The molecule has 0 bridgehead atoms. The van der Waals surface area contributed by atoms with Crippen LogP contribution in [0.2, 0.25) is 0 Å². The smallest absolute Gasteiger partial charge is 0.200 e. The molecule has 2 nitrogen and oxygen atoms in total. The Labute approximate surface area is 171 Å². The Morgan fingerprint density at radius 2 is 1.32 bits per heavy atom. The fourth-order valence-electron chi connectivity index (χ4n) is 3.42. The summed E-state index contributed by atoms with van der Waals surface area (Å²) in [5.74, 6) is -0.563. The van der Waals surface area contributed by atoms with Gasteiger partial charge in [0, 0.05) is 11.5 Å². The lowest BCUT2D eigenvalue weighted by Crippen LogP contribution is -2.30. The average Bonchev–Trinajstić information content (AvgIpc) is 2.74. The highest BCUT2D eigenvalue weighted by Gasteiger charge is 2.37. The van der Waals surface area contributed by atoms with E-state index in [1.807, 2.05) is 86.6 Å². The summed E-state index contributed by atoms with van der Waals surface area (Å²) >= 11 is 1.22. The molecular weight excluding hydrogens is 364 g/mol. The molecule has 0 aliphatic rings. The minimum atomic E-state index is -0.766. The van der Waals surface area contributed by atoms with Crippen LogP contribution in [0.25, 0.3) is 0 Å². The first-order valence-electron chi connectivity index (χ1n) is 9.49. The van der Waals surface area contributed by atoms with Gasteiger partial charge in [0.25, 0.3) is 0 Å². The molecule has 0 aromatic heterocycles. The van der Waals surface area contributed by atoms with Gasteiger partial charge in [-0.2, -0.15) is 0 Å². The van der Waals surface area contributed by atoms with Crippen LogP contribution in [0.15, 0.2) is 84.9 Å². The molecule has 0 radical (unpaired) electrons. The molecule has 0 aliphatic carbocycles. The average molecular weight is 389 g/mol. The van der Waals surface area contributed by atoms with E-state index < -0.39 is 5.92 Å². The molecular formula is C25H24O2S. The molecule has 0 aliphatic heterocycles. The fourth-order valence-corrected chi connectivity index (χ4v) is 4.13. The first-order chi connectivity index (χ1) is 13.6. The van der Waals surface area contributed by atoms with Crippen molar-refractivity contribution in [2.24, 2.45) is 5.92 Å². The summed E-state index contributed by atoms with van der Waals surface area (Å²) in [6.07, 6.45) is 0. The van der Waals surface area contributed by atoms with Crippen molar-refractivity contribution in [3.63, 3.8) is 0 Å². The quantitative estimate of drug-likeness (QED) is 0.373. The van der Waals surface area contributed by atoms with Gasteiger partial charge in [0.05, 0.1) is 0 Å². The van der Waals surface area contributed by atoms with Crippen LogP contribution >= 0.6 is 11.8 Å². The van der Waals surface area contributed by atoms with E-state index in [0.29, 0.717) is 11.3 Å². The van der Waals surface area contributed by atoms with Gasteiger partial charge in [0.1, 0.15) is 5.92 Å². The van der Waals surface area contributed by atoms with Crippen molar-refractivity contribution in [3.05, 3.63) is 107 Å². The Hall–Kier alpha value is -2.65. The summed E-state index contributed by atoms with van der Waals surface area (Å²) in [5, 5.41) is -0.0780. The monoisotopic (exact) mass is 388 g/mol. The fraction of sp³-hybridized carbons (Fsp3) is 0.200. The molecule has 28 heavy (non-hydrogen) atoms. The summed E-state index contributed by atoms with van der Waals surface area (Å²) in [6.45, 7) is 3.97. The minimum Gasteiger partial charge on any atom is -0.293 e. The van der Waals surface area contributed by atoms with Crippen molar-refractivity contribution >= 4 is 22.7 Å². The molecule has 0 spiro atoms. The Morgan fingerprint density at radius 1 is 0.786 bits per heavy atom. The maximum atomic E-state index is 13.5. The molecule has 3 aromatic rings. The first kappa shape index (κ1) is 20.1. The standard InChI is InChI=1S/C25H24O2S/c1-3-28-25(27)23(24(26)21-12-8-5-9-13-21)22(19-10-6-4-7-11-19)20-16-14-18(2)15-17-20/h4-17,22-23H,3H2,1-2H3. The number of benzene rings is 3. The maximum absolute atomic E-state index is 13.5. The lowest BCUT2D eigenvalue weighted by atomic mass is 9.77. The van der Waals surface area contributed by atoms with Crippen LogP contribution in [0.1, 0.15) is 39.9 Å². The third kappa shape index (κ3) is 4.60. The largest absolute Gasteiger partial charge is 0.293 e. The predicted octanol–water partition coefficient (Wildman–Crippen LogP) is 5.91. The normalized spacial score (nSPS) is 12.9. The number of hydrogen-bond donors (Lipinski definition) is 0. The van der Waals surface area contributed by atoms with Crippen molar-refractivity contribution in [1.29, 1.82) is 0 Å². The predicted molar refractivity (Wildman–Crippen MR) is 117 cm³/mol. The van der Waals surface area contributed by atoms with E-state index in [-0.39, 0.29) is 16.8 Å². The number of rotatable bonds is 7. The van der Waals surface area contributed by atoms with Crippen molar-refractivity contribution < 1.29 is 9.59 Å². The van der Waals surface area contributed by atoms with Gasteiger partial charge in [0.15, 0.2) is 5.78 Å². The van der Waals surface area contributed by atoms with Crippen molar-refractivity contribution in [2.45, 2.75) is 19.8 Å². The highest BCUT2D eigenvalue weighted by atomic mass is 32.2. The Bertz CT molecular complexity index is 918. The Balaban J connectivity index is 2.14. The van der Waals surface area contributed by atoms with Gasteiger partial charge >= 0.3 is 0 Å². The molecule has 3 heteroatoms. The second-order valence-corrected chi connectivity index (χ2v) is 8.03. The summed E-state index contributed by atoms with van der Waals surface area (Å²) in [6, 6.07) is 27.1. The molecule has 0 fully saturated rings. The van der Waals surface area contributed by atoms with Crippen LogP contribution in [0.3, 0.4) is 0 Å². The van der Waals surface area contributed by atoms with Crippen LogP contribution in [0.5, 0.6) is 0 Å². The first-order valence-corrected chi connectivity index (χ1v) is 10.5. The molecule has 0 saturated carbocycles. The van der Waals surface area contributed by atoms with E-state index in [0.717, 1.165) is 16.7 Å². The van der Waals surface area contributed by atoms with E-state index in [1.165, 1.54) is 11.8 Å². The van der Waals surface area contributed by atoms with Gasteiger partial charge in [-0.3, -0.25) is 9.59 Å². The molecule has 3 aromatic carbocycles. The van der Waals surface area contributed by atoms with Gasteiger partial charge in [-0.05, 0) is 23.8 Å². The van der Waals surface area contributed by atoms with Crippen LogP contribution in [-0.4, -0.2) is 16.7 Å². The van der Waals surface area contributed by atoms with Gasteiger partial charge in [-0.1, -0.05) is 109 Å². The van der Waals surface area contributed by atoms with Gasteiger partial charge in [-0.15, -0.1) is 0 Å². The van der Waals surface area contributed by atoms with Crippen molar-refractivity contribution in [3.8, 4) is 0 Å². The number of thioether (sulfide) groups is 1. The highest BCUT2D eigenvalue weighted by molar-refractivity contribution is 8.13. The summed E-state index contributed by atoms with van der Waals surface area (Å²) < 4.78 is 0. The van der Waals surface area contributed by atoms with Gasteiger partial charge in [-0.25, -0.2) is 0 Å². The Kier molecular flexibility index (Phi) is 6.83. The van der Waals surface area contributed by atoms with Gasteiger partial charge < -0.3 is 0 Å². The van der Waals surface area contributed by atoms with Crippen LogP contribution in [0, 0.1) is 12.8 Å². The second kappa shape index (κ2) is 9.52. The number of carbonyl (C=O) groups excluding carboxylic acids is 2. The SMILES string of the molecule is CCSC(=O)C(C(=O)c1ccccc1)C(c1ccccc1)c1ccc(C)cc1. The molecule has 2 atom stereocenters. The molecule has 0 amide bonds. The zero-order chi connectivity index (χ0) is 19.9. The number of carbonyl (C=O) groups is 2. The zero-order valence-electron chi connectivity index (χ0n) is 16.2. The number of hydrogen-bond acceptors (Lipinski definition) is 3. The molecule has 0 saturated heterocycles. The van der Waals surface area contributed by atoms with Crippen LogP contribution in [-0.2, 0) is 4.79 Å². The lowest BCUT2D eigenvalue weighted by molar-refractivity contribution is -0.113. The van der Waals surface area contributed by atoms with Crippen molar-refractivity contribution in [1.82, 2.24) is 0 Å². The topological polar surface area (TPSA) is 34.1 Å². The van der Waals surface area contributed by atoms with Crippen LogP contribution < -0.4 is 0 Å². The second-order valence-electron chi connectivity index (χ2n) is 6.76. The molecule has 142 valence electrons. The number of ketones is 1. The molecule has 3 rings (SSSR count). The summed E-state index contributed by atoms with van der Waals surface area (Å²) in [5.41, 5.74) is 3.68. The van der Waals surface area contributed by atoms with E-state index in [4.69, 9.17) is 0 Å². The maximum Gasteiger partial charge on any atom is 0.200 e. The third-order valence-electron chi connectivity index (χ3n) is 4.81. The summed E-state index contributed by atoms with van der Waals surface area (Å²) in [4.78, 5) is 26.6. The Morgan fingerprint density at radius 3 is 1.89 bits per heavy atom. The van der Waals surface area contributed by atoms with Crippen molar-refractivity contribution in [2.75, 3.05) is 5.75 Å². The highest BCUT2D eigenvalue weighted by Crippen LogP contribution is 2.37. The van der Waals surface area contributed by atoms with E-state index in [2.05, 4.69) is 0 Å². The molecule has 0 heterocycles. The lowest BCUT2D eigenvalue weighted by Gasteiger charge is -2.26. The third-order valence-corrected chi connectivity index (χ3v) is 5.64. The minimum absolute atomic E-state index is 0.0780. The molecule has 2 unspecified atom stereocenters. The van der Waals surface area contributed by atoms with Crippen LogP contribution in [0.4, 0.5) is 0 Å².